The Labute approximate surface area is 143 Å². The summed E-state index contributed by atoms with van der Waals surface area (Å²) >= 11 is 5.98. The molecule has 0 unspecified atom stereocenters. The van der Waals surface area contributed by atoms with Crippen LogP contribution in [-0.2, 0) is 4.79 Å². The lowest BCUT2D eigenvalue weighted by molar-refractivity contribution is -0.113. The predicted octanol–water partition coefficient (Wildman–Crippen LogP) is 5.07. The summed E-state index contributed by atoms with van der Waals surface area (Å²) in [6.07, 6.45) is 0. The van der Waals surface area contributed by atoms with Crippen molar-refractivity contribution >= 4 is 35.0 Å². The largest absolute Gasteiger partial charge is 0.325 e. The Morgan fingerprint density at radius 1 is 1.04 bits per heavy atom. The van der Waals surface area contributed by atoms with Crippen LogP contribution in [0, 0.1) is 36.0 Å². The maximum atomic E-state index is 13.5. The highest BCUT2D eigenvalue weighted by atomic mass is 35.5. The van der Waals surface area contributed by atoms with E-state index in [-0.39, 0.29) is 11.8 Å². The van der Waals surface area contributed by atoms with Crippen LogP contribution in [-0.4, -0.2) is 11.7 Å². The number of anilines is 1. The molecule has 0 bridgehead atoms. The molecule has 0 saturated heterocycles. The maximum Gasteiger partial charge on any atom is 0.234 e. The van der Waals surface area contributed by atoms with Crippen molar-refractivity contribution in [3.8, 4) is 0 Å². The zero-order valence-electron chi connectivity index (χ0n) is 12.0. The van der Waals surface area contributed by atoms with E-state index in [1.807, 2.05) is 0 Å². The minimum atomic E-state index is -2.24. The molecule has 0 fully saturated rings. The SMILES string of the molecule is Cc1cc(Cl)ccc1NC(=O)CSc1c(F)c(F)c(F)c(F)c1F. The van der Waals surface area contributed by atoms with Crippen molar-refractivity contribution in [2.75, 3.05) is 11.1 Å². The number of carbonyl (C=O) groups excluding carboxylic acids is 1. The molecule has 1 N–H and O–H groups in total. The van der Waals surface area contributed by atoms with Crippen molar-refractivity contribution in [1.82, 2.24) is 0 Å². The second kappa shape index (κ2) is 7.40. The van der Waals surface area contributed by atoms with Gasteiger partial charge in [-0.25, -0.2) is 22.0 Å². The van der Waals surface area contributed by atoms with Crippen LogP contribution in [0.15, 0.2) is 23.1 Å². The number of nitrogens with one attached hydrogen (secondary N) is 1. The number of amides is 1. The molecule has 0 saturated carbocycles. The van der Waals surface area contributed by atoms with Crippen LogP contribution in [0.25, 0.3) is 0 Å². The first-order valence-electron chi connectivity index (χ1n) is 6.42. The summed E-state index contributed by atoms with van der Waals surface area (Å²) < 4.78 is 66.1. The molecular weight excluding hydrogens is 373 g/mol. The number of rotatable bonds is 4. The van der Waals surface area contributed by atoms with E-state index in [1.54, 1.807) is 13.0 Å². The van der Waals surface area contributed by atoms with Gasteiger partial charge in [-0.05, 0) is 30.7 Å². The first-order chi connectivity index (χ1) is 11.2. The topological polar surface area (TPSA) is 29.1 Å². The van der Waals surface area contributed by atoms with E-state index >= 15 is 0 Å². The molecule has 0 atom stereocenters. The Morgan fingerprint density at radius 3 is 2.12 bits per heavy atom. The van der Waals surface area contributed by atoms with E-state index in [2.05, 4.69) is 5.32 Å². The molecule has 0 aromatic heterocycles. The molecule has 0 aliphatic carbocycles. The first-order valence-corrected chi connectivity index (χ1v) is 7.79. The summed E-state index contributed by atoms with van der Waals surface area (Å²) in [6.45, 7) is 1.68. The molecule has 0 aliphatic heterocycles. The highest BCUT2D eigenvalue weighted by Gasteiger charge is 2.26. The molecule has 1 amide bonds. The zero-order valence-corrected chi connectivity index (χ0v) is 13.6. The average molecular weight is 382 g/mol. The Morgan fingerprint density at radius 2 is 1.58 bits per heavy atom. The fraction of sp³-hybridized carbons (Fsp3) is 0.133. The number of benzene rings is 2. The summed E-state index contributed by atoms with van der Waals surface area (Å²) in [7, 11) is 0. The lowest BCUT2D eigenvalue weighted by Crippen LogP contribution is -2.15. The fourth-order valence-electron chi connectivity index (χ4n) is 1.80. The number of hydrogen-bond donors (Lipinski definition) is 1. The van der Waals surface area contributed by atoms with E-state index in [4.69, 9.17) is 11.6 Å². The quantitative estimate of drug-likeness (QED) is 0.346. The first kappa shape index (κ1) is 18.5. The molecule has 24 heavy (non-hydrogen) atoms. The van der Waals surface area contributed by atoms with Gasteiger partial charge in [0.1, 0.15) is 0 Å². The average Bonchev–Trinajstić information content (AvgIpc) is 2.53. The van der Waals surface area contributed by atoms with Gasteiger partial charge in [-0.2, -0.15) is 0 Å². The van der Waals surface area contributed by atoms with Crippen LogP contribution in [0.5, 0.6) is 0 Å². The Kier molecular flexibility index (Phi) is 5.71. The van der Waals surface area contributed by atoms with Crippen LogP contribution in [0.2, 0.25) is 5.02 Å². The van der Waals surface area contributed by atoms with E-state index in [0.717, 1.165) is 0 Å². The molecule has 2 aromatic rings. The van der Waals surface area contributed by atoms with Crippen molar-refractivity contribution in [1.29, 1.82) is 0 Å². The van der Waals surface area contributed by atoms with Gasteiger partial charge < -0.3 is 5.32 Å². The Hall–Kier alpha value is -1.80. The van der Waals surface area contributed by atoms with Gasteiger partial charge in [-0.1, -0.05) is 11.6 Å². The summed E-state index contributed by atoms with van der Waals surface area (Å²) in [6, 6.07) is 4.65. The predicted molar refractivity (Wildman–Crippen MR) is 81.8 cm³/mol. The number of halogens is 6. The van der Waals surface area contributed by atoms with Crippen molar-refractivity contribution in [2.24, 2.45) is 0 Å². The molecule has 2 aromatic carbocycles. The molecular formula is C15H9ClF5NOS. The maximum absolute atomic E-state index is 13.5. The second-order valence-electron chi connectivity index (χ2n) is 4.70. The smallest absolute Gasteiger partial charge is 0.234 e. The third-order valence-corrected chi connectivity index (χ3v) is 4.27. The van der Waals surface area contributed by atoms with Crippen LogP contribution < -0.4 is 5.32 Å². The van der Waals surface area contributed by atoms with Crippen LogP contribution in [0.4, 0.5) is 27.6 Å². The number of thioether (sulfide) groups is 1. The third kappa shape index (κ3) is 3.81. The van der Waals surface area contributed by atoms with Gasteiger partial charge in [0, 0.05) is 10.7 Å². The highest BCUT2D eigenvalue weighted by Crippen LogP contribution is 2.31. The number of aryl methyl sites for hydroxylation is 1. The Balaban J connectivity index is 2.12. The summed E-state index contributed by atoms with van der Waals surface area (Å²) in [5, 5.41) is 2.92. The molecule has 0 heterocycles. The highest BCUT2D eigenvalue weighted by molar-refractivity contribution is 8.00. The van der Waals surface area contributed by atoms with Gasteiger partial charge in [0.15, 0.2) is 23.3 Å². The molecule has 128 valence electrons. The van der Waals surface area contributed by atoms with Crippen molar-refractivity contribution < 1.29 is 26.7 Å². The molecule has 2 nitrogen and oxygen atoms in total. The molecule has 2 rings (SSSR count). The van der Waals surface area contributed by atoms with Gasteiger partial charge in [-0.15, -0.1) is 11.8 Å². The number of carbonyl (C=O) groups is 1. The third-order valence-electron chi connectivity index (χ3n) is 2.98. The van der Waals surface area contributed by atoms with Crippen molar-refractivity contribution in [2.45, 2.75) is 11.8 Å². The molecule has 0 aliphatic rings. The van der Waals surface area contributed by atoms with E-state index in [0.29, 0.717) is 16.3 Å². The number of hydrogen-bond acceptors (Lipinski definition) is 2. The Bertz CT molecular complexity index is 786. The molecule has 9 heteroatoms. The van der Waals surface area contributed by atoms with Gasteiger partial charge in [0.25, 0.3) is 0 Å². The summed E-state index contributed by atoms with van der Waals surface area (Å²) in [5.74, 6) is -11.5. The lowest BCUT2D eigenvalue weighted by atomic mass is 10.2. The minimum Gasteiger partial charge on any atom is -0.325 e. The monoisotopic (exact) mass is 381 g/mol. The van der Waals surface area contributed by atoms with Gasteiger partial charge >= 0.3 is 0 Å². The summed E-state index contributed by atoms with van der Waals surface area (Å²) in [4.78, 5) is 10.7. The lowest BCUT2D eigenvalue weighted by Gasteiger charge is -2.10. The fourth-order valence-corrected chi connectivity index (χ4v) is 2.81. The normalized spacial score (nSPS) is 10.8. The second-order valence-corrected chi connectivity index (χ2v) is 6.12. The summed E-state index contributed by atoms with van der Waals surface area (Å²) in [5.41, 5.74) is 1.07. The van der Waals surface area contributed by atoms with Crippen LogP contribution in [0.1, 0.15) is 5.56 Å². The van der Waals surface area contributed by atoms with Crippen LogP contribution >= 0.6 is 23.4 Å². The van der Waals surface area contributed by atoms with Gasteiger partial charge in [0.2, 0.25) is 11.7 Å². The van der Waals surface area contributed by atoms with Crippen molar-refractivity contribution in [3.63, 3.8) is 0 Å². The minimum absolute atomic E-state index is 0.212. The van der Waals surface area contributed by atoms with Crippen molar-refractivity contribution in [3.05, 3.63) is 57.9 Å². The van der Waals surface area contributed by atoms with E-state index < -0.39 is 45.6 Å². The molecule has 0 radical (unpaired) electrons. The van der Waals surface area contributed by atoms with Gasteiger partial charge in [0.05, 0.1) is 10.6 Å². The van der Waals surface area contributed by atoms with Crippen LogP contribution in [0.3, 0.4) is 0 Å². The van der Waals surface area contributed by atoms with Gasteiger partial charge in [-0.3, -0.25) is 4.79 Å². The molecule has 0 spiro atoms. The van der Waals surface area contributed by atoms with E-state index in [9.17, 15) is 26.7 Å². The van der Waals surface area contributed by atoms with E-state index in [1.165, 1.54) is 12.1 Å². The zero-order chi connectivity index (χ0) is 18.0. The standard InChI is InChI=1S/C15H9ClF5NOS/c1-6-4-7(16)2-3-8(6)22-9(23)5-24-15-13(20)11(18)10(17)12(19)14(15)21/h2-4H,5H2,1H3,(H,22,23).